The maximum Gasteiger partial charge on any atom is 0.254 e. The summed E-state index contributed by atoms with van der Waals surface area (Å²) in [5, 5.41) is 0. The lowest BCUT2D eigenvalue weighted by Gasteiger charge is -2.33. The van der Waals surface area contributed by atoms with Gasteiger partial charge in [-0.3, -0.25) is 14.6 Å². The quantitative estimate of drug-likeness (QED) is 0.665. The fourth-order valence-corrected chi connectivity index (χ4v) is 5.51. The second-order valence-corrected chi connectivity index (χ2v) is 10.2. The summed E-state index contributed by atoms with van der Waals surface area (Å²) < 4.78 is 27.4. The Morgan fingerprint density at radius 2 is 1.69 bits per heavy atom. The van der Waals surface area contributed by atoms with Crippen LogP contribution < -0.4 is 0 Å². The number of benzene rings is 1. The average molecular weight is 457 g/mol. The minimum atomic E-state index is -3.68. The summed E-state index contributed by atoms with van der Waals surface area (Å²) in [6.45, 7) is 4.75. The standard InChI is InChI=1S/C23H28N4O4S/c1-17(22-5-3-4-12-24-22)27(20-8-9-20)23(29)19-6-10-21(11-7-19)32(30,31)26-15-13-25(14-16-26)18(2)28/h3-7,10-12,17,20H,8-9,13-16H2,1-2H3. The first-order chi connectivity index (χ1) is 15.3. The first kappa shape index (κ1) is 22.4. The molecule has 4 rings (SSSR count). The molecule has 0 spiro atoms. The lowest BCUT2D eigenvalue weighted by molar-refractivity contribution is -0.129. The Balaban J connectivity index is 1.50. The fourth-order valence-electron chi connectivity index (χ4n) is 4.09. The van der Waals surface area contributed by atoms with Crippen molar-refractivity contribution in [3.63, 3.8) is 0 Å². The molecule has 0 N–H and O–H groups in total. The van der Waals surface area contributed by atoms with Crippen molar-refractivity contribution in [1.29, 1.82) is 0 Å². The Morgan fingerprint density at radius 1 is 1.03 bits per heavy atom. The number of aromatic nitrogens is 1. The van der Waals surface area contributed by atoms with E-state index in [4.69, 9.17) is 0 Å². The van der Waals surface area contributed by atoms with Gasteiger partial charge < -0.3 is 9.80 Å². The first-order valence-corrected chi connectivity index (χ1v) is 12.3. The van der Waals surface area contributed by atoms with Gasteiger partial charge in [-0.15, -0.1) is 0 Å². The summed E-state index contributed by atoms with van der Waals surface area (Å²) in [7, 11) is -3.68. The molecule has 1 saturated heterocycles. The van der Waals surface area contributed by atoms with Crippen molar-refractivity contribution in [3.05, 3.63) is 59.9 Å². The summed E-state index contributed by atoms with van der Waals surface area (Å²) in [6.07, 6.45) is 3.64. The van der Waals surface area contributed by atoms with Gasteiger partial charge in [0.15, 0.2) is 0 Å². The van der Waals surface area contributed by atoms with Crippen molar-refractivity contribution in [2.24, 2.45) is 0 Å². The minimum absolute atomic E-state index is 0.0509. The van der Waals surface area contributed by atoms with E-state index in [1.54, 1.807) is 23.2 Å². The minimum Gasteiger partial charge on any atom is -0.340 e. The second kappa shape index (κ2) is 8.99. The van der Waals surface area contributed by atoms with E-state index in [0.717, 1.165) is 18.5 Å². The molecule has 1 unspecified atom stereocenters. The van der Waals surface area contributed by atoms with E-state index in [-0.39, 0.29) is 41.9 Å². The molecule has 170 valence electrons. The number of sulfonamides is 1. The molecule has 1 aliphatic heterocycles. The van der Waals surface area contributed by atoms with Gasteiger partial charge in [0.1, 0.15) is 0 Å². The smallest absolute Gasteiger partial charge is 0.254 e. The van der Waals surface area contributed by atoms with Crippen LogP contribution in [0.15, 0.2) is 53.6 Å². The van der Waals surface area contributed by atoms with Gasteiger partial charge >= 0.3 is 0 Å². The third kappa shape index (κ3) is 4.54. The van der Waals surface area contributed by atoms with Gasteiger partial charge in [-0.2, -0.15) is 4.31 Å². The van der Waals surface area contributed by atoms with Gasteiger partial charge in [-0.05, 0) is 56.2 Å². The van der Waals surface area contributed by atoms with E-state index in [9.17, 15) is 18.0 Å². The number of hydrogen-bond donors (Lipinski definition) is 0. The molecule has 8 nitrogen and oxygen atoms in total. The number of rotatable bonds is 6. The molecule has 1 atom stereocenters. The monoisotopic (exact) mass is 456 g/mol. The van der Waals surface area contributed by atoms with Crippen LogP contribution >= 0.6 is 0 Å². The van der Waals surface area contributed by atoms with Crippen LogP contribution in [0, 0.1) is 0 Å². The Morgan fingerprint density at radius 3 is 2.22 bits per heavy atom. The summed E-state index contributed by atoms with van der Waals surface area (Å²) >= 11 is 0. The highest BCUT2D eigenvalue weighted by molar-refractivity contribution is 7.89. The number of carbonyl (C=O) groups excluding carboxylic acids is 2. The van der Waals surface area contributed by atoms with Crippen molar-refractivity contribution in [2.45, 2.75) is 43.7 Å². The van der Waals surface area contributed by atoms with Crippen molar-refractivity contribution in [1.82, 2.24) is 19.1 Å². The van der Waals surface area contributed by atoms with Crippen LogP contribution in [0.3, 0.4) is 0 Å². The number of piperazine rings is 1. The summed E-state index contributed by atoms with van der Waals surface area (Å²) in [5.41, 5.74) is 1.29. The molecule has 2 fully saturated rings. The van der Waals surface area contributed by atoms with Gasteiger partial charge in [0.05, 0.1) is 16.6 Å². The molecule has 9 heteroatoms. The molecular weight excluding hydrogens is 428 g/mol. The van der Waals surface area contributed by atoms with E-state index in [1.165, 1.54) is 23.4 Å². The van der Waals surface area contributed by atoms with Crippen molar-refractivity contribution < 1.29 is 18.0 Å². The first-order valence-electron chi connectivity index (χ1n) is 10.9. The van der Waals surface area contributed by atoms with E-state index in [1.807, 2.05) is 30.0 Å². The van der Waals surface area contributed by atoms with Crippen LogP contribution in [0.2, 0.25) is 0 Å². The zero-order valence-electron chi connectivity index (χ0n) is 18.3. The highest BCUT2D eigenvalue weighted by atomic mass is 32.2. The summed E-state index contributed by atoms with van der Waals surface area (Å²) in [6, 6.07) is 11.8. The third-order valence-electron chi connectivity index (χ3n) is 6.13. The van der Waals surface area contributed by atoms with Gasteiger partial charge in [0.2, 0.25) is 15.9 Å². The molecule has 2 aromatic rings. The number of nitrogens with zero attached hydrogens (tertiary/aromatic N) is 4. The SMILES string of the molecule is CC(=O)N1CCN(S(=O)(=O)c2ccc(C(=O)N(C3CC3)C(C)c3ccccn3)cc2)CC1. The Labute approximate surface area is 188 Å². The van der Waals surface area contributed by atoms with Crippen LogP contribution in [0.1, 0.15) is 48.8 Å². The molecule has 2 heterocycles. The predicted molar refractivity (Wildman–Crippen MR) is 119 cm³/mol. The van der Waals surface area contributed by atoms with E-state index >= 15 is 0 Å². The molecule has 0 bridgehead atoms. The molecule has 32 heavy (non-hydrogen) atoms. The van der Waals surface area contributed by atoms with Crippen LogP contribution in [0.25, 0.3) is 0 Å². The summed E-state index contributed by atoms with van der Waals surface area (Å²) in [5.74, 6) is -0.172. The van der Waals surface area contributed by atoms with Crippen molar-refractivity contribution in [2.75, 3.05) is 26.2 Å². The zero-order valence-corrected chi connectivity index (χ0v) is 19.2. The predicted octanol–water partition coefficient (Wildman–Crippen LogP) is 2.30. The molecule has 2 aliphatic rings. The maximum atomic E-state index is 13.3. The maximum absolute atomic E-state index is 13.3. The molecule has 1 aromatic heterocycles. The van der Waals surface area contributed by atoms with Crippen LogP contribution in [0.5, 0.6) is 0 Å². The second-order valence-electron chi connectivity index (χ2n) is 8.31. The van der Waals surface area contributed by atoms with Crippen molar-refractivity contribution >= 4 is 21.8 Å². The Kier molecular flexibility index (Phi) is 6.30. The zero-order chi connectivity index (χ0) is 22.9. The van der Waals surface area contributed by atoms with Gasteiger partial charge in [-0.25, -0.2) is 8.42 Å². The average Bonchev–Trinajstić information content (AvgIpc) is 3.65. The lowest BCUT2D eigenvalue weighted by atomic mass is 10.1. The number of carbonyl (C=O) groups is 2. The highest BCUT2D eigenvalue weighted by Gasteiger charge is 2.37. The molecular formula is C23H28N4O4S. The van der Waals surface area contributed by atoms with Gasteiger partial charge in [-0.1, -0.05) is 6.07 Å². The molecule has 1 saturated carbocycles. The fraction of sp³-hybridized carbons (Fsp3) is 0.435. The Bertz CT molecular complexity index is 1080. The molecule has 2 amide bonds. The molecule has 1 aliphatic carbocycles. The highest BCUT2D eigenvalue weighted by Crippen LogP contribution is 2.35. The van der Waals surface area contributed by atoms with E-state index in [2.05, 4.69) is 4.98 Å². The van der Waals surface area contributed by atoms with E-state index in [0.29, 0.717) is 18.7 Å². The third-order valence-corrected chi connectivity index (χ3v) is 8.04. The van der Waals surface area contributed by atoms with Crippen molar-refractivity contribution in [3.8, 4) is 0 Å². The van der Waals surface area contributed by atoms with Crippen LogP contribution in [0.4, 0.5) is 0 Å². The van der Waals surface area contributed by atoms with Gasteiger partial charge in [0, 0.05) is 50.9 Å². The number of amides is 2. The number of pyridine rings is 1. The Hall–Kier alpha value is -2.78. The molecule has 0 radical (unpaired) electrons. The lowest BCUT2D eigenvalue weighted by Crippen LogP contribution is -2.49. The summed E-state index contributed by atoms with van der Waals surface area (Å²) in [4.78, 5) is 32.8. The van der Waals surface area contributed by atoms with E-state index < -0.39 is 10.0 Å². The molecule has 1 aromatic carbocycles. The van der Waals surface area contributed by atoms with Crippen LogP contribution in [-0.4, -0.2) is 71.5 Å². The number of hydrogen-bond acceptors (Lipinski definition) is 5. The topological polar surface area (TPSA) is 90.9 Å². The normalized spacial score (nSPS) is 18.2. The van der Waals surface area contributed by atoms with Gasteiger partial charge in [0.25, 0.3) is 5.91 Å². The largest absolute Gasteiger partial charge is 0.340 e. The van der Waals surface area contributed by atoms with Crippen LogP contribution in [-0.2, 0) is 14.8 Å².